The average molecular weight is 490 g/mol. The van der Waals surface area contributed by atoms with Gasteiger partial charge in [-0.05, 0) is 111 Å². The molecule has 192 valence electrons. The Morgan fingerprint density at radius 1 is 1.14 bits per heavy atom. The summed E-state index contributed by atoms with van der Waals surface area (Å²) in [5, 5.41) is 23.6. The van der Waals surface area contributed by atoms with Crippen molar-refractivity contribution in [2.75, 3.05) is 26.2 Å². The number of carbonyl (C=O) groups excluding carboxylic acids is 1. The van der Waals surface area contributed by atoms with E-state index in [0.717, 1.165) is 57.2 Å². The molecule has 2 aromatic rings. The van der Waals surface area contributed by atoms with Crippen LogP contribution < -0.4 is 11.1 Å². The number of amides is 1. The minimum atomic E-state index is -0.0252. The maximum Gasteiger partial charge on any atom is 0.251 e. The van der Waals surface area contributed by atoms with Crippen molar-refractivity contribution in [1.29, 1.82) is 0 Å². The number of aromatic hydroxyl groups is 1. The number of benzene rings is 2. The molecule has 1 saturated heterocycles. The Hall–Kier alpha value is -2.41. The Balaban J connectivity index is 1.38. The van der Waals surface area contributed by atoms with E-state index in [1.807, 2.05) is 42.5 Å². The van der Waals surface area contributed by atoms with Crippen LogP contribution in [0.25, 0.3) is 0 Å². The molecule has 6 nitrogen and oxygen atoms in total. The lowest BCUT2D eigenvalue weighted by Gasteiger charge is -2.66. The summed E-state index contributed by atoms with van der Waals surface area (Å²) in [6.45, 7) is 2.72. The zero-order chi connectivity index (χ0) is 24.9. The van der Waals surface area contributed by atoms with Crippen LogP contribution in [0.15, 0.2) is 48.5 Å². The first kappa shape index (κ1) is 24.0. The summed E-state index contributed by atoms with van der Waals surface area (Å²) in [4.78, 5) is 15.9. The summed E-state index contributed by atoms with van der Waals surface area (Å²) < 4.78 is 0. The van der Waals surface area contributed by atoms with Crippen LogP contribution in [-0.2, 0) is 11.8 Å². The third kappa shape index (κ3) is 3.45. The number of phenolic OH excluding ortho intramolecular Hbond substituents is 1. The van der Waals surface area contributed by atoms with Gasteiger partial charge in [-0.15, -0.1) is 0 Å². The number of nitrogens with one attached hydrogen (secondary N) is 1. The van der Waals surface area contributed by atoms with E-state index in [0.29, 0.717) is 30.2 Å². The number of fused-ring (bicyclic) bond motifs is 1. The molecule has 6 atom stereocenters. The summed E-state index contributed by atoms with van der Waals surface area (Å²) in [5.74, 6) is 1.04. The lowest BCUT2D eigenvalue weighted by atomic mass is 9.43. The number of nitrogens with two attached hydrogens (primary N) is 1. The largest absolute Gasteiger partial charge is 0.508 e. The van der Waals surface area contributed by atoms with Gasteiger partial charge < -0.3 is 21.3 Å². The van der Waals surface area contributed by atoms with Crippen molar-refractivity contribution >= 4 is 5.91 Å². The number of aliphatic hydroxyl groups is 1. The molecule has 6 unspecified atom stereocenters. The molecule has 1 amide bonds. The highest BCUT2D eigenvalue weighted by Gasteiger charge is 2.71. The molecule has 1 aliphatic heterocycles. The van der Waals surface area contributed by atoms with Gasteiger partial charge in [-0.2, -0.15) is 0 Å². The zero-order valence-corrected chi connectivity index (χ0v) is 21.0. The van der Waals surface area contributed by atoms with Crippen molar-refractivity contribution in [3.05, 3.63) is 65.2 Å². The molecule has 0 radical (unpaired) electrons. The smallest absolute Gasteiger partial charge is 0.251 e. The second-order valence-electron chi connectivity index (χ2n) is 11.7. The summed E-state index contributed by atoms with van der Waals surface area (Å²) in [5.41, 5.74) is 9.65. The first-order valence-electron chi connectivity index (χ1n) is 13.8. The topological polar surface area (TPSA) is 98.8 Å². The molecule has 6 heteroatoms. The van der Waals surface area contributed by atoms with Crippen LogP contribution in [0.4, 0.5) is 0 Å². The van der Waals surface area contributed by atoms with E-state index in [4.69, 9.17) is 5.73 Å². The minimum absolute atomic E-state index is 0.0205. The maximum absolute atomic E-state index is 13.2. The fourth-order valence-electron chi connectivity index (χ4n) is 8.97. The third-order valence-electron chi connectivity index (χ3n) is 10.4. The fraction of sp³-hybridized carbons (Fsp3) is 0.567. The van der Waals surface area contributed by atoms with Gasteiger partial charge in [0.15, 0.2) is 0 Å². The Bertz CT molecular complexity index is 1120. The summed E-state index contributed by atoms with van der Waals surface area (Å²) in [6.07, 6.45) is 7.15. The normalized spacial score (nSPS) is 33.4. The molecule has 3 aliphatic carbocycles. The minimum Gasteiger partial charge on any atom is -0.508 e. The Morgan fingerprint density at radius 3 is 2.72 bits per heavy atom. The van der Waals surface area contributed by atoms with Crippen molar-refractivity contribution in [3.8, 4) is 5.75 Å². The van der Waals surface area contributed by atoms with Gasteiger partial charge in [-0.25, -0.2) is 0 Å². The van der Waals surface area contributed by atoms with E-state index >= 15 is 0 Å². The Kier molecular flexibility index (Phi) is 6.09. The van der Waals surface area contributed by atoms with Gasteiger partial charge in [0.2, 0.25) is 0 Å². The summed E-state index contributed by atoms with van der Waals surface area (Å²) in [7, 11) is 0. The highest BCUT2D eigenvalue weighted by atomic mass is 16.3. The molecule has 4 bridgehead atoms. The first-order valence-corrected chi connectivity index (χ1v) is 13.8. The number of aliphatic hydroxyl groups excluding tert-OH is 1. The molecule has 3 fully saturated rings. The molecule has 0 spiro atoms. The number of phenols is 1. The van der Waals surface area contributed by atoms with E-state index in [9.17, 15) is 15.0 Å². The second-order valence-corrected chi connectivity index (χ2v) is 11.7. The summed E-state index contributed by atoms with van der Waals surface area (Å²) >= 11 is 0. The molecular formula is C30H39N3O3. The monoisotopic (exact) mass is 489 g/mol. The van der Waals surface area contributed by atoms with Crippen molar-refractivity contribution in [2.24, 2.45) is 23.0 Å². The third-order valence-corrected chi connectivity index (χ3v) is 10.4. The number of likely N-dealkylation sites (tertiary alicyclic amines) is 1. The molecule has 5 N–H and O–H groups in total. The van der Waals surface area contributed by atoms with Gasteiger partial charge in [0.25, 0.3) is 5.91 Å². The number of rotatable bonds is 7. The molecule has 1 heterocycles. The number of hydrogen-bond acceptors (Lipinski definition) is 5. The highest BCUT2D eigenvalue weighted by Crippen LogP contribution is 2.72. The van der Waals surface area contributed by atoms with Crippen LogP contribution in [0.1, 0.15) is 60.0 Å². The lowest BCUT2D eigenvalue weighted by Crippen LogP contribution is -2.70. The molecule has 0 aromatic heterocycles. The lowest BCUT2D eigenvalue weighted by molar-refractivity contribution is -0.0976. The predicted molar refractivity (Wildman–Crippen MR) is 140 cm³/mol. The van der Waals surface area contributed by atoms with Crippen LogP contribution in [0.2, 0.25) is 0 Å². The molecule has 2 aromatic carbocycles. The van der Waals surface area contributed by atoms with Gasteiger partial charge in [0, 0.05) is 36.2 Å². The van der Waals surface area contributed by atoms with Crippen molar-refractivity contribution in [3.63, 3.8) is 0 Å². The van der Waals surface area contributed by atoms with Crippen LogP contribution in [-0.4, -0.2) is 59.3 Å². The zero-order valence-electron chi connectivity index (χ0n) is 21.0. The van der Waals surface area contributed by atoms with E-state index in [2.05, 4.69) is 16.3 Å². The van der Waals surface area contributed by atoms with Crippen molar-refractivity contribution in [2.45, 2.75) is 62.4 Å². The van der Waals surface area contributed by atoms with E-state index in [-0.39, 0.29) is 29.4 Å². The molecule has 36 heavy (non-hydrogen) atoms. The van der Waals surface area contributed by atoms with Gasteiger partial charge in [0.1, 0.15) is 5.75 Å². The van der Waals surface area contributed by atoms with Crippen LogP contribution >= 0.6 is 0 Å². The van der Waals surface area contributed by atoms with Crippen LogP contribution in [0, 0.1) is 17.3 Å². The van der Waals surface area contributed by atoms with E-state index in [1.165, 1.54) is 17.5 Å². The fourth-order valence-corrected chi connectivity index (χ4v) is 8.97. The van der Waals surface area contributed by atoms with Crippen LogP contribution in [0.3, 0.4) is 0 Å². The molecule has 4 aliphatic rings. The quantitative estimate of drug-likeness (QED) is 0.479. The highest BCUT2D eigenvalue weighted by molar-refractivity contribution is 5.94. The van der Waals surface area contributed by atoms with Gasteiger partial charge in [-0.1, -0.05) is 24.3 Å². The standard InChI is InChI=1S/C30H39N3O3/c31-18-20(10-15-34)19-33-14-13-30-24-8-11-29(30,27(33)16-22-6-7-23(35)17-25(22)30)12-9-26(24)32-28(36)21-4-2-1-3-5-21/h1-7,17,20,24,26-27,34-35H,8-16,18-19,31H2,(H,32,36). The van der Waals surface area contributed by atoms with Gasteiger partial charge in [0.05, 0.1) is 0 Å². The number of piperidine rings is 1. The number of carbonyl (C=O) groups is 1. The first-order chi connectivity index (χ1) is 17.5. The van der Waals surface area contributed by atoms with Gasteiger partial charge >= 0.3 is 0 Å². The summed E-state index contributed by atoms with van der Waals surface area (Å²) in [6, 6.07) is 16.1. The second kappa shape index (κ2) is 9.16. The molecule has 2 saturated carbocycles. The average Bonchev–Trinajstić information content (AvgIpc) is 3.15. The molecular weight excluding hydrogens is 450 g/mol. The Morgan fingerprint density at radius 2 is 1.94 bits per heavy atom. The van der Waals surface area contributed by atoms with Gasteiger partial charge in [-0.3, -0.25) is 9.69 Å². The maximum atomic E-state index is 13.2. The molecule has 6 rings (SSSR count). The SMILES string of the molecule is NCC(CCO)CN1CCC23c4cc(O)ccc4CC1C21CCC(NC(=O)c2ccccc2)C3CC1. The number of hydrogen-bond donors (Lipinski definition) is 4. The number of nitrogens with zero attached hydrogens (tertiary/aromatic N) is 1. The van der Waals surface area contributed by atoms with Crippen molar-refractivity contribution in [1.82, 2.24) is 10.2 Å². The van der Waals surface area contributed by atoms with E-state index < -0.39 is 0 Å². The van der Waals surface area contributed by atoms with Crippen molar-refractivity contribution < 1.29 is 15.0 Å². The van der Waals surface area contributed by atoms with Crippen LogP contribution in [0.5, 0.6) is 5.75 Å². The Labute approximate surface area is 213 Å². The predicted octanol–water partition coefficient (Wildman–Crippen LogP) is 3.21. The van der Waals surface area contributed by atoms with E-state index in [1.54, 1.807) is 0 Å².